The fourth-order valence-electron chi connectivity index (χ4n) is 2.44. The molecule has 0 bridgehead atoms. The Morgan fingerprint density at radius 2 is 2.06 bits per heavy atom. The Hall–Kier alpha value is -0.760. The summed E-state index contributed by atoms with van der Waals surface area (Å²) in [6, 6.07) is 10.5. The van der Waals surface area contributed by atoms with Gasteiger partial charge in [0.1, 0.15) is 5.78 Å². The molecule has 1 aromatic rings. The Morgan fingerprint density at radius 1 is 1.24 bits per heavy atom. The minimum atomic E-state index is 0.483. The zero-order valence-electron chi connectivity index (χ0n) is 10.2. The zero-order valence-corrected chi connectivity index (χ0v) is 11.0. The van der Waals surface area contributed by atoms with E-state index in [1.165, 1.54) is 29.9 Å². The van der Waals surface area contributed by atoms with E-state index in [4.69, 9.17) is 0 Å². The normalized spacial score (nSPS) is 20.5. The SMILES string of the molecule is O=C1CCCC(CCCSc2ccccc2)C1. The van der Waals surface area contributed by atoms with Crippen molar-refractivity contribution in [3.8, 4) is 0 Å². The Labute approximate surface area is 108 Å². The maximum Gasteiger partial charge on any atom is 0.133 e. The average molecular weight is 248 g/mol. The van der Waals surface area contributed by atoms with Crippen molar-refractivity contribution in [2.75, 3.05) is 5.75 Å². The fraction of sp³-hybridized carbons (Fsp3) is 0.533. The second-order valence-corrected chi connectivity index (χ2v) is 5.97. The molecule has 1 aromatic carbocycles. The number of Topliss-reactive ketones (excluding diaryl/α,β-unsaturated/α-hetero) is 1. The van der Waals surface area contributed by atoms with Crippen molar-refractivity contribution in [2.45, 2.75) is 43.4 Å². The third kappa shape index (κ3) is 4.55. The highest BCUT2D eigenvalue weighted by Crippen LogP contribution is 2.27. The van der Waals surface area contributed by atoms with Crippen molar-refractivity contribution in [3.05, 3.63) is 30.3 Å². The maximum atomic E-state index is 11.3. The molecule has 0 aromatic heterocycles. The number of hydrogen-bond donors (Lipinski definition) is 0. The lowest BCUT2D eigenvalue weighted by Crippen LogP contribution is -2.14. The Balaban J connectivity index is 1.61. The highest BCUT2D eigenvalue weighted by molar-refractivity contribution is 7.99. The summed E-state index contributed by atoms with van der Waals surface area (Å²) in [5, 5.41) is 0. The molecule has 92 valence electrons. The smallest absolute Gasteiger partial charge is 0.133 e. The van der Waals surface area contributed by atoms with Crippen molar-refractivity contribution in [2.24, 2.45) is 5.92 Å². The molecule has 17 heavy (non-hydrogen) atoms. The molecule has 0 aliphatic heterocycles. The maximum absolute atomic E-state index is 11.3. The van der Waals surface area contributed by atoms with Gasteiger partial charge in [-0.2, -0.15) is 0 Å². The summed E-state index contributed by atoms with van der Waals surface area (Å²) in [6.45, 7) is 0. The van der Waals surface area contributed by atoms with Crippen LogP contribution < -0.4 is 0 Å². The minimum Gasteiger partial charge on any atom is -0.300 e. The second-order valence-electron chi connectivity index (χ2n) is 4.80. The van der Waals surface area contributed by atoms with Gasteiger partial charge in [0.05, 0.1) is 0 Å². The van der Waals surface area contributed by atoms with E-state index in [9.17, 15) is 4.79 Å². The molecule has 1 atom stereocenters. The van der Waals surface area contributed by atoms with Gasteiger partial charge < -0.3 is 0 Å². The summed E-state index contributed by atoms with van der Waals surface area (Å²) >= 11 is 1.92. The predicted molar refractivity (Wildman–Crippen MR) is 73.4 cm³/mol. The van der Waals surface area contributed by atoms with Crippen LogP contribution in [0.5, 0.6) is 0 Å². The van der Waals surface area contributed by atoms with Crippen LogP contribution in [0.15, 0.2) is 35.2 Å². The summed E-state index contributed by atoms with van der Waals surface area (Å²) in [5.74, 6) is 2.33. The minimum absolute atomic E-state index is 0.483. The van der Waals surface area contributed by atoms with Gasteiger partial charge >= 0.3 is 0 Å². The number of ketones is 1. The van der Waals surface area contributed by atoms with Crippen LogP contribution in [0.3, 0.4) is 0 Å². The number of thioether (sulfide) groups is 1. The molecule has 1 unspecified atom stereocenters. The van der Waals surface area contributed by atoms with Crippen LogP contribution >= 0.6 is 11.8 Å². The van der Waals surface area contributed by atoms with E-state index >= 15 is 0 Å². The first-order valence-corrected chi connectivity index (χ1v) is 7.53. The number of benzene rings is 1. The number of carbonyl (C=O) groups excluding carboxylic acids is 1. The second kappa shape index (κ2) is 6.85. The summed E-state index contributed by atoms with van der Waals surface area (Å²) < 4.78 is 0. The van der Waals surface area contributed by atoms with Gasteiger partial charge in [-0.1, -0.05) is 18.2 Å². The quantitative estimate of drug-likeness (QED) is 0.570. The third-order valence-electron chi connectivity index (χ3n) is 3.35. The van der Waals surface area contributed by atoms with E-state index in [0.29, 0.717) is 11.7 Å². The highest BCUT2D eigenvalue weighted by Gasteiger charge is 2.18. The van der Waals surface area contributed by atoms with Crippen LogP contribution in [0.1, 0.15) is 38.5 Å². The zero-order chi connectivity index (χ0) is 11.9. The van der Waals surface area contributed by atoms with Gasteiger partial charge in [0.2, 0.25) is 0 Å². The van der Waals surface area contributed by atoms with Gasteiger partial charge in [-0.15, -0.1) is 11.8 Å². The van der Waals surface area contributed by atoms with Crippen LogP contribution in [0.4, 0.5) is 0 Å². The van der Waals surface area contributed by atoms with Gasteiger partial charge in [0.15, 0.2) is 0 Å². The highest BCUT2D eigenvalue weighted by atomic mass is 32.2. The standard InChI is InChI=1S/C15H20OS/c16-14-8-4-6-13(12-14)7-5-11-17-15-9-2-1-3-10-15/h1-3,9-10,13H,4-8,11-12H2. The molecule has 2 rings (SSSR count). The lowest BCUT2D eigenvalue weighted by atomic mass is 9.85. The summed E-state index contributed by atoms with van der Waals surface area (Å²) in [7, 11) is 0. The molecule has 1 aliphatic carbocycles. The number of carbonyl (C=O) groups is 1. The largest absolute Gasteiger partial charge is 0.300 e. The van der Waals surface area contributed by atoms with Gasteiger partial charge in [0, 0.05) is 17.7 Å². The summed E-state index contributed by atoms with van der Waals surface area (Å²) in [5.41, 5.74) is 0. The lowest BCUT2D eigenvalue weighted by molar-refractivity contribution is -0.121. The van der Waals surface area contributed by atoms with Crippen LogP contribution in [-0.4, -0.2) is 11.5 Å². The number of rotatable bonds is 5. The van der Waals surface area contributed by atoms with E-state index in [1.807, 2.05) is 11.8 Å². The van der Waals surface area contributed by atoms with E-state index in [2.05, 4.69) is 30.3 Å². The molecule has 1 saturated carbocycles. The van der Waals surface area contributed by atoms with Crippen molar-refractivity contribution in [1.29, 1.82) is 0 Å². The number of hydrogen-bond acceptors (Lipinski definition) is 2. The van der Waals surface area contributed by atoms with Gasteiger partial charge in [-0.25, -0.2) is 0 Å². The van der Waals surface area contributed by atoms with E-state index in [0.717, 1.165) is 19.3 Å². The Bertz CT molecular complexity index is 347. The molecule has 0 heterocycles. The van der Waals surface area contributed by atoms with Crippen molar-refractivity contribution >= 4 is 17.5 Å². The van der Waals surface area contributed by atoms with Gasteiger partial charge in [0.25, 0.3) is 0 Å². The molecule has 2 heteroatoms. The van der Waals surface area contributed by atoms with Crippen molar-refractivity contribution < 1.29 is 4.79 Å². The Morgan fingerprint density at radius 3 is 2.82 bits per heavy atom. The molecule has 1 aliphatic rings. The van der Waals surface area contributed by atoms with E-state index in [-0.39, 0.29) is 0 Å². The molecule has 0 saturated heterocycles. The van der Waals surface area contributed by atoms with Crippen molar-refractivity contribution in [3.63, 3.8) is 0 Å². The molecule has 0 radical (unpaired) electrons. The molecule has 0 N–H and O–H groups in total. The lowest BCUT2D eigenvalue weighted by Gasteiger charge is -2.20. The molecule has 0 spiro atoms. The molecule has 0 amide bonds. The topological polar surface area (TPSA) is 17.1 Å². The van der Waals surface area contributed by atoms with Crippen LogP contribution in [0, 0.1) is 5.92 Å². The first-order valence-electron chi connectivity index (χ1n) is 6.54. The average Bonchev–Trinajstić information content (AvgIpc) is 2.36. The summed E-state index contributed by atoms with van der Waals surface area (Å²) in [6.07, 6.45) is 6.52. The van der Waals surface area contributed by atoms with Crippen LogP contribution in [0.2, 0.25) is 0 Å². The molecule has 1 fully saturated rings. The van der Waals surface area contributed by atoms with Crippen molar-refractivity contribution in [1.82, 2.24) is 0 Å². The first-order chi connectivity index (χ1) is 8.34. The van der Waals surface area contributed by atoms with Crippen LogP contribution in [0.25, 0.3) is 0 Å². The van der Waals surface area contributed by atoms with Crippen LogP contribution in [-0.2, 0) is 4.79 Å². The summed E-state index contributed by atoms with van der Waals surface area (Å²) in [4.78, 5) is 12.7. The molecule has 1 nitrogen and oxygen atoms in total. The van der Waals surface area contributed by atoms with Gasteiger partial charge in [-0.3, -0.25) is 4.79 Å². The Kier molecular flexibility index (Phi) is 5.11. The monoisotopic (exact) mass is 248 g/mol. The van der Waals surface area contributed by atoms with E-state index < -0.39 is 0 Å². The fourth-order valence-corrected chi connectivity index (χ4v) is 3.34. The van der Waals surface area contributed by atoms with E-state index in [1.54, 1.807) is 0 Å². The molecular weight excluding hydrogens is 228 g/mol. The predicted octanol–water partition coefficient (Wildman–Crippen LogP) is 4.32. The molecular formula is C15H20OS. The third-order valence-corrected chi connectivity index (χ3v) is 4.45. The van der Waals surface area contributed by atoms with Gasteiger partial charge in [-0.05, 0) is 49.5 Å². The first kappa shape index (κ1) is 12.7.